The summed E-state index contributed by atoms with van der Waals surface area (Å²) in [6.45, 7) is 8.74. The fraction of sp³-hybridized carbons (Fsp3) is 0.952. The minimum atomic E-state index is -0.676. The van der Waals surface area contributed by atoms with E-state index in [4.69, 9.17) is 28.4 Å². The van der Waals surface area contributed by atoms with Crippen molar-refractivity contribution in [2.24, 2.45) is 5.73 Å². The highest BCUT2D eigenvalue weighted by Gasteiger charge is 2.56. The van der Waals surface area contributed by atoms with Crippen molar-refractivity contribution in [1.82, 2.24) is 5.32 Å². The maximum atomic E-state index is 11.3. The zero-order chi connectivity index (χ0) is 22.4. The van der Waals surface area contributed by atoms with Crippen LogP contribution in [0.3, 0.4) is 0 Å². The van der Waals surface area contributed by atoms with Gasteiger partial charge >= 0.3 is 0 Å². The van der Waals surface area contributed by atoms with Crippen LogP contribution in [0.1, 0.15) is 59.8 Å². The average molecular weight is 433 g/mol. The molecule has 0 aromatic carbocycles. The van der Waals surface area contributed by atoms with Crippen LogP contribution in [-0.2, 0) is 33.2 Å². The molecule has 0 radical (unpaired) electrons. The first-order valence-corrected chi connectivity index (χ1v) is 10.9. The molecular formula is C21H40N2O7. The highest BCUT2D eigenvalue weighted by molar-refractivity contribution is 5.75. The zero-order valence-electron chi connectivity index (χ0n) is 19.3. The summed E-state index contributed by atoms with van der Waals surface area (Å²) in [5, 5.41) is 2.64. The van der Waals surface area contributed by atoms with Crippen LogP contribution in [0, 0.1) is 0 Å². The van der Waals surface area contributed by atoms with Crippen LogP contribution >= 0.6 is 0 Å². The molecule has 3 saturated heterocycles. The highest BCUT2D eigenvalue weighted by atomic mass is 16.8. The summed E-state index contributed by atoms with van der Waals surface area (Å²) in [6.07, 6.45) is 2.82. The summed E-state index contributed by atoms with van der Waals surface area (Å²) in [5.74, 6) is -1.16. The molecule has 3 aliphatic heterocycles. The lowest BCUT2D eigenvalue weighted by Gasteiger charge is -2.27. The molecule has 3 rings (SSSR count). The van der Waals surface area contributed by atoms with Crippen molar-refractivity contribution in [1.29, 1.82) is 0 Å². The largest absolute Gasteiger partial charge is 0.373 e. The number of nitrogens with one attached hydrogen (secondary N) is 1. The van der Waals surface area contributed by atoms with Gasteiger partial charge in [-0.25, -0.2) is 0 Å². The van der Waals surface area contributed by atoms with Gasteiger partial charge < -0.3 is 39.5 Å². The van der Waals surface area contributed by atoms with Gasteiger partial charge in [-0.1, -0.05) is 6.42 Å². The maximum Gasteiger partial charge on any atom is 0.219 e. The Morgan fingerprint density at radius 1 is 1.07 bits per heavy atom. The Morgan fingerprint density at radius 2 is 1.80 bits per heavy atom. The molecule has 3 aliphatic rings. The number of ether oxygens (including phenoxy) is 6. The topological polar surface area (TPSA) is 111 Å². The first kappa shape index (κ1) is 25.5. The number of amides is 1. The summed E-state index contributed by atoms with van der Waals surface area (Å²) in [4.78, 5) is 11.3. The monoisotopic (exact) mass is 432 g/mol. The standard InChI is InChI=1S/C20H35NO7.CH5N/c1-19(2)24-12-13(26-19)11-14-16(17-18(25-14)28-20(3,4)27-17)23-10-8-6-7-9-15(22)21-5;1-2/h13-14,16-18H,6-12H2,1-5H3,(H,21,22);2H2,1H3. The molecule has 3 N–H and O–H groups in total. The molecule has 176 valence electrons. The van der Waals surface area contributed by atoms with E-state index < -0.39 is 17.9 Å². The predicted molar refractivity (Wildman–Crippen MR) is 111 cm³/mol. The van der Waals surface area contributed by atoms with Crippen LogP contribution in [0.2, 0.25) is 0 Å². The fourth-order valence-electron chi connectivity index (χ4n) is 3.99. The molecule has 1 amide bonds. The minimum Gasteiger partial charge on any atom is -0.373 e. The maximum absolute atomic E-state index is 11.3. The molecule has 0 bridgehead atoms. The molecule has 0 aromatic rings. The Morgan fingerprint density at radius 3 is 2.43 bits per heavy atom. The first-order chi connectivity index (χ1) is 14.2. The first-order valence-electron chi connectivity index (χ1n) is 10.9. The van der Waals surface area contributed by atoms with E-state index in [1.54, 1.807) is 7.05 Å². The second-order valence-corrected chi connectivity index (χ2v) is 8.65. The number of hydrogen-bond acceptors (Lipinski definition) is 8. The number of fused-ring (bicyclic) bond motifs is 1. The van der Waals surface area contributed by atoms with Gasteiger partial charge in [-0.05, 0) is 47.6 Å². The normalized spacial score (nSPS) is 33.6. The van der Waals surface area contributed by atoms with Crippen molar-refractivity contribution in [2.75, 3.05) is 27.3 Å². The van der Waals surface area contributed by atoms with E-state index in [0.717, 1.165) is 19.3 Å². The molecule has 0 saturated carbocycles. The van der Waals surface area contributed by atoms with Crippen molar-refractivity contribution in [2.45, 2.75) is 102 Å². The second-order valence-electron chi connectivity index (χ2n) is 8.65. The Bertz CT molecular complexity index is 543. The van der Waals surface area contributed by atoms with Gasteiger partial charge in [-0.2, -0.15) is 0 Å². The van der Waals surface area contributed by atoms with Crippen LogP contribution < -0.4 is 11.1 Å². The van der Waals surface area contributed by atoms with Crippen molar-refractivity contribution in [3.8, 4) is 0 Å². The smallest absolute Gasteiger partial charge is 0.219 e. The van der Waals surface area contributed by atoms with Gasteiger partial charge in [0.2, 0.25) is 5.91 Å². The summed E-state index contributed by atoms with van der Waals surface area (Å²) in [7, 11) is 3.16. The molecule has 9 heteroatoms. The third-order valence-electron chi connectivity index (χ3n) is 5.29. The number of hydrogen-bond donors (Lipinski definition) is 2. The Kier molecular flexibility index (Phi) is 9.48. The lowest BCUT2D eigenvalue weighted by atomic mass is 10.0. The van der Waals surface area contributed by atoms with Crippen LogP contribution in [0.4, 0.5) is 0 Å². The van der Waals surface area contributed by atoms with Crippen LogP contribution in [0.25, 0.3) is 0 Å². The average Bonchev–Trinajstić information content (AvgIpc) is 3.28. The molecule has 3 fully saturated rings. The lowest BCUT2D eigenvalue weighted by molar-refractivity contribution is -0.222. The Hall–Kier alpha value is -0.810. The molecular weight excluding hydrogens is 392 g/mol. The predicted octanol–water partition coefficient (Wildman–Crippen LogP) is 1.67. The molecule has 5 unspecified atom stereocenters. The third-order valence-corrected chi connectivity index (χ3v) is 5.29. The Labute approximate surface area is 180 Å². The number of unbranched alkanes of at least 4 members (excludes halogenated alkanes) is 2. The number of carbonyl (C=O) groups is 1. The van der Waals surface area contributed by atoms with Gasteiger partial charge in [-0.3, -0.25) is 4.79 Å². The van der Waals surface area contributed by atoms with Gasteiger partial charge in [-0.15, -0.1) is 0 Å². The van der Waals surface area contributed by atoms with Gasteiger partial charge in [0.15, 0.2) is 17.9 Å². The van der Waals surface area contributed by atoms with Crippen molar-refractivity contribution in [3.63, 3.8) is 0 Å². The molecule has 3 heterocycles. The van der Waals surface area contributed by atoms with E-state index >= 15 is 0 Å². The number of nitrogens with two attached hydrogens (primary N) is 1. The summed E-state index contributed by atoms with van der Waals surface area (Å²) >= 11 is 0. The quantitative estimate of drug-likeness (QED) is 0.530. The summed E-state index contributed by atoms with van der Waals surface area (Å²) < 4.78 is 35.8. The van der Waals surface area contributed by atoms with Gasteiger partial charge in [0.1, 0.15) is 12.2 Å². The molecule has 5 atom stereocenters. The molecule has 0 aromatic heterocycles. The number of rotatable bonds is 9. The van der Waals surface area contributed by atoms with E-state index in [1.165, 1.54) is 7.05 Å². The third kappa shape index (κ3) is 7.12. The zero-order valence-corrected chi connectivity index (χ0v) is 19.3. The van der Waals surface area contributed by atoms with Crippen molar-refractivity contribution in [3.05, 3.63) is 0 Å². The number of carbonyl (C=O) groups excluding carboxylic acids is 1. The van der Waals surface area contributed by atoms with Crippen LogP contribution in [-0.4, -0.2) is 75.5 Å². The van der Waals surface area contributed by atoms with Gasteiger partial charge in [0.25, 0.3) is 0 Å². The van der Waals surface area contributed by atoms with E-state index in [0.29, 0.717) is 26.1 Å². The van der Waals surface area contributed by atoms with E-state index in [2.05, 4.69) is 11.1 Å². The molecule has 9 nitrogen and oxygen atoms in total. The van der Waals surface area contributed by atoms with Crippen molar-refractivity contribution >= 4 is 5.91 Å². The lowest BCUT2D eigenvalue weighted by Crippen LogP contribution is -2.39. The van der Waals surface area contributed by atoms with E-state index in [1.807, 2.05) is 27.7 Å². The highest BCUT2D eigenvalue weighted by Crippen LogP contribution is 2.41. The van der Waals surface area contributed by atoms with Gasteiger partial charge in [0.05, 0.1) is 18.8 Å². The molecule has 30 heavy (non-hydrogen) atoms. The minimum absolute atomic E-state index is 0.0366. The summed E-state index contributed by atoms with van der Waals surface area (Å²) in [6, 6.07) is 0. The SMILES string of the molecule is CN.CNC(=O)CCCCCOC1C(CC2COC(C)(C)O2)OC2OC(C)(C)OC21. The van der Waals surface area contributed by atoms with Gasteiger partial charge in [0, 0.05) is 26.5 Å². The molecule has 0 spiro atoms. The fourth-order valence-corrected chi connectivity index (χ4v) is 3.99. The van der Waals surface area contributed by atoms with E-state index in [9.17, 15) is 4.79 Å². The van der Waals surface area contributed by atoms with Crippen molar-refractivity contribution < 1.29 is 33.2 Å². The Balaban J connectivity index is 0.00000155. The second kappa shape index (κ2) is 11.2. The van der Waals surface area contributed by atoms with Crippen LogP contribution in [0.15, 0.2) is 0 Å². The van der Waals surface area contributed by atoms with Crippen LogP contribution in [0.5, 0.6) is 0 Å². The molecule has 0 aliphatic carbocycles. The summed E-state index contributed by atoms with van der Waals surface area (Å²) in [5.41, 5.74) is 4.50. The van der Waals surface area contributed by atoms with E-state index in [-0.39, 0.29) is 30.3 Å².